The molecule has 18 heavy (non-hydrogen) atoms. The maximum Gasteiger partial charge on any atom is 0.345 e. The normalized spacial score (nSPS) is 18.3. The van der Waals surface area contributed by atoms with E-state index in [2.05, 4.69) is 24.3 Å². The Bertz CT molecular complexity index is 586. The summed E-state index contributed by atoms with van der Waals surface area (Å²) in [4.78, 5) is 12.6. The van der Waals surface area contributed by atoms with Crippen LogP contribution in [0, 0.1) is 0 Å². The molecule has 0 bridgehead atoms. The van der Waals surface area contributed by atoms with E-state index in [-0.39, 0.29) is 0 Å². The molecule has 1 atom stereocenters. The average Bonchev–Trinajstić information content (AvgIpc) is 2.88. The maximum atomic E-state index is 10.9. The Morgan fingerprint density at radius 2 is 1.94 bits per heavy atom. The second kappa shape index (κ2) is 4.58. The van der Waals surface area contributed by atoms with Gasteiger partial charge in [-0.15, -0.1) is 11.3 Å². The minimum absolute atomic E-state index is 0.448. The second-order valence-electron chi connectivity index (χ2n) is 4.72. The molecule has 1 aromatic heterocycles. The van der Waals surface area contributed by atoms with Crippen LogP contribution in [0.15, 0.2) is 36.4 Å². The van der Waals surface area contributed by atoms with Crippen LogP contribution in [-0.2, 0) is 12.8 Å². The van der Waals surface area contributed by atoms with Crippen LogP contribution in [0.4, 0.5) is 0 Å². The van der Waals surface area contributed by atoms with Gasteiger partial charge >= 0.3 is 5.97 Å². The quantitative estimate of drug-likeness (QED) is 0.891. The van der Waals surface area contributed by atoms with E-state index >= 15 is 0 Å². The SMILES string of the molecule is O=C(O)c1ccc(C2CCc3ccccc3C2)s1. The molecule has 3 heteroatoms. The zero-order valence-electron chi connectivity index (χ0n) is 9.93. The van der Waals surface area contributed by atoms with E-state index in [1.165, 1.54) is 27.3 Å². The first-order chi connectivity index (χ1) is 8.74. The van der Waals surface area contributed by atoms with Crippen molar-refractivity contribution in [2.75, 3.05) is 0 Å². The number of aryl methyl sites for hydroxylation is 1. The van der Waals surface area contributed by atoms with Crippen LogP contribution in [-0.4, -0.2) is 11.1 Å². The Labute approximate surface area is 110 Å². The van der Waals surface area contributed by atoms with Crippen molar-refractivity contribution >= 4 is 17.3 Å². The van der Waals surface area contributed by atoms with Crippen molar-refractivity contribution < 1.29 is 9.90 Å². The van der Waals surface area contributed by atoms with Crippen LogP contribution < -0.4 is 0 Å². The van der Waals surface area contributed by atoms with Crippen molar-refractivity contribution in [1.82, 2.24) is 0 Å². The molecule has 3 rings (SSSR count). The molecule has 2 nitrogen and oxygen atoms in total. The number of thiophene rings is 1. The molecule has 1 aliphatic rings. The fourth-order valence-electron chi connectivity index (χ4n) is 2.63. The molecule has 1 heterocycles. The van der Waals surface area contributed by atoms with Crippen molar-refractivity contribution in [2.45, 2.75) is 25.2 Å². The molecule has 2 aromatic rings. The number of carboxylic acid groups (broad SMARTS) is 1. The van der Waals surface area contributed by atoms with Gasteiger partial charge in [-0.3, -0.25) is 0 Å². The summed E-state index contributed by atoms with van der Waals surface area (Å²) < 4.78 is 0. The van der Waals surface area contributed by atoms with Gasteiger partial charge in [-0.2, -0.15) is 0 Å². The minimum atomic E-state index is -0.817. The zero-order valence-corrected chi connectivity index (χ0v) is 10.7. The van der Waals surface area contributed by atoms with E-state index in [1.54, 1.807) is 6.07 Å². The molecule has 1 aliphatic carbocycles. The molecular weight excluding hydrogens is 244 g/mol. The monoisotopic (exact) mass is 258 g/mol. The van der Waals surface area contributed by atoms with Crippen molar-refractivity contribution in [2.24, 2.45) is 0 Å². The van der Waals surface area contributed by atoms with E-state index in [9.17, 15) is 4.79 Å². The highest BCUT2D eigenvalue weighted by Gasteiger charge is 2.21. The fraction of sp³-hybridized carbons (Fsp3) is 0.267. The van der Waals surface area contributed by atoms with Crippen LogP contribution in [0.25, 0.3) is 0 Å². The molecule has 0 radical (unpaired) electrons. The highest BCUT2D eigenvalue weighted by atomic mass is 32.1. The van der Waals surface area contributed by atoms with E-state index in [0.717, 1.165) is 19.3 Å². The van der Waals surface area contributed by atoms with Gasteiger partial charge in [0.1, 0.15) is 4.88 Å². The van der Waals surface area contributed by atoms with Crippen LogP contribution in [0.1, 0.15) is 38.0 Å². The predicted octanol–water partition coefficient (Wildman–Crippen LogP) is 3.72. The molecule has 0 spiro atoms. The van der Waals surface area contributed by atoms with Crippen LogP contribution >= 0.6 is 11.3 Å². The Balaban J connectivity index is 1.85. The summed E-state index contributed by atoms with van der Waals surface area (Å²) in [6.07, 6.45) is 3.26. The summed E-state index contributed by atoms with van der Waals surface area (Å²) >= 11 is 1.42. The molecule has 0 saturated heterocycles. The van der Waals surface area contributed by atoms with E-state index in [1.807, 2.05) is 6.07 Å². The van der Waals surface area contributed by atoms with Gasteiger partial charge in [-0.1, -0.05) is 24.3 Å². The van der Waals surface area contributed by atoms with Gasteiger partial charge in [0.05, 0.1) is 0 Å². The summed E-state index contributed by atoms with van der Waals surface area (Å²) in [5, 5.41) is 8.96. The number of hydrogen-bond donors (Lipinski definition) is 1. The smallest absolute Gasteiger partial charge is 0.345 e. The van der Waals surface area contributed by atoms with Gasteiger partial charge < -0.3 is 5.11 Å². The lowest BCUT2D eigenvalue weighted by atomic mass is 9.83. The van der Waals surface area contributed by atoms with E-state index in [0.29, 0.717) is 10.8 Å². The Hall–Kier alpha value is -1.61. The van der Waals surface area contributed by atoms with Gasteiger partial charge in [-0.05, 0) is 48.4 Å². The molecule has 0 amide bonds. The first-order valence-corrected chi connectivity index (χ1v) is 6.95. The van der Waals surface area contributed by atoms with Crippen molar-refractivity contribution in [3.63, 3.8) is 0 Å². The van der Waals surface area contributed by atoms with Crippen molar-refractivity contribution in [1.29, 1.82) is 0 Å². The summed E-state index contributed by atoms with van der Waals surface area (Å²) in [6.45, 7) is 0. The lowest BCUT2D eigenvalue weighted by Crippen LogP contribution is -2.11. The minimum Gasteiger partial charge on any atom is -0.477 e. The number of carbonyl (C=O) groups is 1. The molecule has 1 aromatic carbocycles. The molecular formula is C15H14O2S. The number of rotatable bonds is 2. The van der Waals surface area contributed by atoms with Crippen LogP contribution in [0.2, 0.25) is 0 Å². The lowest BCUT2D eigenvalue weighted by molar-refractivity contribution is 0.0702. The molecule has 0 fully saturated rings. The van der Waals surface area contributed by atoms with Crippen molar-refractivity contribution in [3.05, 3.63) is 57.3 Å². The highest BCUT2D eigenvalue weighted by Crippen LogP contribution is 2.35. The lowest BCUT2D eigenvalue weighted by Gasteiger charge is -2.23. The first kappa shape index (κ1) is 11.5. The van der Waals surface area contributed by atoms with E-state index in [4.69, 9.17) is 5.11 Å². The number of benzene rings is 1. The third-order valence-electron chi connectivity index (χ3n) is 3.59. The number of aromatic carboxylic acids is 1. The largest absolute Gasteiger partial charge is 0.477 e. The Morgan fingerprint density at radius 3 is 2.67 bits per heavy atom. The molecule has 0 saturated carbocycles. The fourth-order valence-corrected chi connectivity index (χ4v) is 3.61. The maximum absolute atomic E-state index is 10.9. The third kappa shape index (κ3) is 2.06. The predicted molar refractivity (Wildman–Crippen MR) is 72.5 cm³/mol. The van der Waals surface area contributed by atoms with Gasteiger partial charge in [0.25, 0.3) is 0 Å². The van der Waals surface area contributed by atoms with Gasteiger partial charge in [0.15, 0.2) is 0 Å². The Kier molecular flexibility index (Phi) is 2.92. The number of fused-ring (bicyclic) bond motifs is 1. The van der Waals surface area contributed by atoms with Crippen molar-refractivity contribution in [3.8, 4) is 0 Å². The zero-order chi connectivity index (χ0) is 12.5. The average molecular weight is 258 g/mol. The Morgan fingerprint density at radius 1 is 1.17 bits per heavy atom. The summed E-state index contributed by atoms with van der Waals surface area (Å²) in [5.41, 5.74) is 2.86. The summed E-state index contributed by atoms with van der Waals surface area (Å²) in [5.74, 6) is -0.333. The third-order valence-corrected chi connectivity index (χ3v) is 4.82. The van der Waals surface area contributed by atoms with Gasteiger partial charge in [-0.25, -0.2) is 4.79 Å². The van der Waals surface area contributed by atoms with Gasteiger partial charge in [0, 0.05) is 4.88 Å². The molecule has 92 valence electrons. The van der Waals surface area contributed by atoms with Gasteiger partial charge in [0.2, 0.25) is 0 Å². The first-order valence-electron chi connectivity index (χ1n) is 6.14. The van der Waals surface area contributed by atoms with Crippen LogP contribution in [0.3, 0.4) is 0 Å². The number of hydrogen-bond acceptors (Lipinski definition) is 2. The number of carboxylic acids is 1. The molecule has 1 N–H and O–H groups in total. The summed E-state index contributed by atoms with van der Waals surface area (Å²) in [7, 11) is 0. The van der Waals surface area contributed by atoms with Crippen LogP contribution in [0.5, 0.6) is 0 Å². The highest BCUT2D eigenvalue weighted by molar-refractivity contribution is 7.14. The molecule has 1 unspecified atom stereocenters. The second-order valence-corrected chi connectivity index (χ2v) is 5.83. The van der Waals surface area contributed by atoms with E-state index < -0.39 is 5.97 Å². The standard InChI is InChI=1S/C15H14O2S/c16-15(17)14-8-7-13(18-14)12-6-5-10-3-1-2-4-11(10)9-12/h1-4,7-8,12H,5-6,9H2,(H,16,17). The molecule has 0 aliphatic heterocycles. The summed E-state index contributed by atoms with van der Waals surface area (Å²) in [6, 6.07) is 12.3. The topological polar surface area (TPSA) is 37.3 Å².